The molecule has 2 amide bonds. The van der Waals surface area contributed by atoms with Crippen LogP contribution in [0.2, 0.25) is 0 Å². The number of likely N-dealkylation sites (N-methyl/N-ethyl adjacent to an activating group) is 1. The number of nitrogens with one attached hydrogen (secondary N) is 2. The van der Waals surface area contributed by atoms with Crippen LogP contribution in [0.25, 0.3) is 0 Å². The number of hydrogen-bond acceptors (Lipinski definition) is 4. The van der Waals surface area contributed by atoms with Crippen molar-refractivity contribution in [1.82, 2.24) is 4.90 Å². The third-order valence-corrected chi connectivity index (χ3v) is 3.89. The summed E-state index contributed by atoms with van der Waals surface area (Å²) in [5, 5.41) is 14.6. The molecule has 0 saturated carbocycles. The van der Waals surface area contributed by atoms with Gasteiger partial charge in [0.25, 0.3) is 0 Å². The van der Waals surface area contributed by atoms with Gasteiger partial charge in [-0.25, -0.2) is 4.39 Å². The number of hydrogen-bond donors (Lipinski definition) is 2. The maximum absolute atomic E-state index is 13.5. The average Bonchev–Trinajstić information content (AvgIpc) is 2.62. The summed E-state index contributed by atoms with van der Waals surface area (Å²) >= 11 is 0. The quantitative estimate of drug-likeness (QED) is 0.786. The van der Waals surface area contributed by atoms with E-state index in [1.807, 2.05) is 17.9 Å². The van der Waals surface area contributed by atoms with Crippen LogP contribution in [0, 0.1) is 17.1 Å². The zero-order valence-corrected chi connectivity index (χ0v) is 15.3. The zero-order chi connectivity index (χ0) is 19.8. The first kappa shape index (κ1) is 20.1. The summed E-state index contributed by atoms with van der Waals surface area (Å²) in [6.45, 7) is 4.28. The van der Waals surface area contributed by atoms with E-state index in [-0.39, 0.29) is 18.4 Å². The molecule has 0 fully saturated rings. The van der Waals surface area contributed by atoms with Gasteiger partial charge in [-0.05, 0) is 54.6 Å². The molecule has 0 radical (unpaired) electrons. The summed E-state index contributed by atoms with van der Waals surface area (Å²) in [5.74, 6) is -0.803. The molecular formula is C20H21FN4O2. The first-order valence-corrected chi connectivity index (χ1v) is 8.49. The highest BCUT2D eigenvalue weighted by atomic mass is 19.1. The molecule has 6 nitrogen and oxygen atoms in total. The van der Waals surface area contributed by atoms with E-state index in [9.17, 15) is 14.0 Å². The van der Waals surface area contributed by atoms with Crippen LogP contribution in [-0.4, -0.2) is 29.8 Å². The Morgan fingerprint density at radius 2 is 1.74 bits per heavy atom. The van der Waals surface area contributed by atoms with Crippen LogP contribution in [-0.2, 0) is 16.1 Å². The maximum Gasteiger partial charge on any atom is 0.238 e. The van der Waals surface area contributed by atoms with Crippen LogP contribution in [0.3, 0.4) is 0 Å². The summed E-state index contributed by atoms with van der Waals surface area (Å²) < 4.78 is 13.5. The molecule has 0 saturated heterocycles. The third kappa shape index (κ3) is 6.20. The molecule has 0 atom stereocenters. The van der Waals surface area contributed by atoms with Crippen molar-refractivity contribution in [1.29, 1.82) is 5.26 Å². The van der Waals surface area contributed by atoms with Gasteiger partial charge in [-0.15, -0.1) is 0 Å². The molecule has 0 aliphatic heterocycles. The van der Waals surface area contributed by atoms with E-state index < -0.39 is 5.82 Å². The van der Waals surface area contributed by atoms with Crippen molar-refractivity contribution in [3.05, 3.63) is 59.4 Å². The fourth-order valence-electron chi connectivity index (χ4n) is 2.57. The van der Waals surface area contributed by atoms with E-state index in [1.165, 1.54) is 25.1 Å². The highest BCUT2D eigenvalue weighted by Crippen LogP contribution is 2.15. The number of carbonyl (C=O) groups excluding carboxylic acids is 2. The smallest absolute Gasteiger partial charge is 0.238 e. The van der Waals surface area contributed by atoms with Crippen molar-refractivity contribution in [2.45, 2.75) is 20.4 Å². The van der Waals surface area contributed by atoms with Gasteiger partial charge in [0.2, 0.25) is 11.8 Å². The topological polar surface area (TPSA) is 85.2 Å². The molecule has 0 unspecified atom stereocenters. The predicted molar refractivity (Wildman–Crippen MR) is 101 cm³/mol. The van der Waals surface area contributed by atoms with Gasteiger partial charge in [0.05, 0.1) is 18.2 Å². The normalized spacial score (nSPS) is 10.3. The Hall–Kier alpha value is -3.24. The maximum atomic E-state index is 13.5. The lowest BCUT2D eigenvalue weighted by Gasteiger charge is -2.20. The van der Waals surface area contributed by atoms with Gasteiger partial charge in [0.15, 0.2) is 0 Å². The Bertz CT molecular complexity index is 859. The monoisotopic (exact) mass is 368 g/mol. The average molecular weight is 368 g/mol. The van der Waals surface area contributed by atoms with Crippen molar-refractivity contribution in [3.63, 3.8) is 0 Å². The van der Waals surface area contributed by atoms with Crippen molar-refractivity contribution in [2.24, 2.45) is 0 Å². The second kappa shape index (κ2) is 9.46. The summed E-state index contributed by atoms with van der Waals surface area (Å²) in [5.41, 5.74) is 2.19. The summed E-state index contributed by atoms with van der Waals surface area (Å²) in [4.78, 5) is 25.1. The van der Waals surface area contributed by atoms with Gasteiger partial charge in [-0.3, -0.25) is 14.5 Å². The predicted octanol–water partition coefficient (Wildman–Crippen LogP) is 3.12. The molecule has 0 aromatic heterocycles. The molecule has 0 aliphatic carbocycles. The Morgan fingerprint density at radius 3 is 2.30 bits per heavy atom. The molecule has 0 aliphatic rings. The van der Waals surface area contributed by atoms with Gasteiger partial charge in [-0.2, -0.15) is 5.26 Å². The molecule has 0 heterocycles. The SMILES string of the molecule is CCN(CC(=O)Nc1ccc(NC(C)=O)cc1)Cc1cc(F)ccc1C#N. The van der Waals surface area contributed by atoms with Crippen LogP contribution in [0.1, 0.15) is 25.0 Å². The summed E-state index contributed by atoms with van der Waals surface area (Å²) in [6.07, 6.45) is 0. The van der Waals surface area contributed by atoms with Gasteiger partial charge in [-0.1, -0.05) is 6.92 Å². The minimum atomic E-state index is -0.413. The number of amides is 2. The molecule has 7 heteroatoms. The molecule has 0 spiro atoms. The molecule has 27 heavy (non-hydrogen) atoms. The summed E-state index contributed by atoms with van der Waals surface area (Å²) in [6, 6.07) is 12.8. The third-order valence-electron chi connectivity index (χ3n) is 3.89. The van der Waals surface area contributed by atoms with Gasteiger partial charge >= 0.3 is 0 Å². The van der Waals surface area contributed by atoms with Crippen molar-refractivity contribution < 1.29 is 14.0 Å². The van der Waals surface area contributed by atoms with Gasteiger partial charge in [0, 0.05) is 24.8 Å². The minimum Gasteiger partial charge on any atom is -0.326 e. The fraction of sp³-hybridized carbons (Fsp3) is 0.250. The van der Waals surface area contributed by atoms with Crippen LogP contribution in [0.5, 0.6) is 0 Å². The first-order chi connectivity index (χ1) is 12.9. The molecule has 0 bridgehead atoms. The van der Waals surface area contributed by atoms with E-state index >= 15 is 0 Å². The number of halogens is 1. The fourth-order valence-corrected chi connectivity index (χ4v) is 2.57. The highest BCUT2D eigenvalue weighted by Gasteiger charge is 2.13. The second-order valence-corrected chi connectivity index (χ2v) is 6.02. The van der Waals surface area contributed by atoms with E-state index in [4.69, 9.17) is 5.26 Å². The number of nitrogens with zero attached hydrogens (tertiary/aromatic N) is 2. The molecule has 2 N–H and O–H groups in total. The number of rotatable bonds is 7. The van der Waals surface area contributed by atoms with Crippen LogP contribution in [0.15, 0.2) is 42.5 Å². The largest absolute Gasteiger partial charge is 0.326 e. The second-order valence-electron chi connectivity index (χ2n) is 6.02. The van der Waals surface area contributed by atoms with Crippen LogP contribution < -0.4 is 10.6 Å². The minimum absolute atomic E-state index is 0.103. The van der Waals surface area contributed by atoms with Crippen LogP contribution in [0.4, 0.5) is 15.8 Å². The lowest BCUT2D eigenvalue weighted by molar-refractivity contribution is -0.117. The van der Waals surface area contributed by atoms with E-state index in [1.54, 1.807) is 24.3 Å². The van der Waals surface area contributed by atoms with Gasteiger partial charge < -0.3 is 10.6 Å². The number of carbonyl (C=O) groups is 2. The Labute approximate surface area is 157 Å². The Kier molecular flexibility index (Phi) is 7.03. The van der Waals surface area contributed by atoms with E-state index in [2.05, 4.69) is 10.6 Å². The number of anilines is 2. The standard InChI is InChI=1S/C20H21FN4O2/c1-3-25(12-16-10-17(21)5-4-15(16)11-22)13-20(27)24-19-8-6-18(7-9-19)23-14(2)26/h4-10H,3,12-13H2,1-2H3,(H,23,26)(H,24,27). The highest BCUT2D eigenvalue weighted by molar-refractivity contribution is 5.93. The van der Waals surface area contributed by atoms with E-state index in [0.29, 0.717) is 35.6 Å². The first-order valence-electron chi connectivity index (χ1n) is 8.49. The lowest BCUT2D eigenvalue weighted by Crippen LogP contribution is -2.33. The van der Waals surface area contributed by atoms with Gasteiger partial charge in [0.1, 0.15) is 5.82 Å². The molecule has 140 valence electrons. The Balaban J connectivity index is 1.98. The van der Waals surface area contributed by atoms with Crippen molar-refractivity contribution in [3.8, 4) is 6.07 Å². The van der Waals surface area contributed by atoms with Crippen LogP contribution >= 0.6 is 0 Å². The van der Waals surface area contributed by atoms with E-state index in [0.717, 1.165) is 0 Å². The van der Waals surface area contributed by atoms with Crippen molar-refractivity contribution >= 4 is 23.2 Å². The zero-order valence-electron chi connectivity index (χ0n) is 15.3. The molecule has 2 aromatic rings. The molecular weight excluding hydrogens is 347 g/mol. The number of benzene rings is 2. The number of nitriles is 1. The molecule has 2 rings (SSSR count). The van der Waals surface area contributed by atoms with Crippen molar-refractivity contribution in [2.75, 3.05) is 23.7 Å². The molecule has 2 aromatic carbocycles. The lowest BCUT2D eigenvalue weighted by atomic mass is 10.1. The Morgan fingerprint density at radius 1 is 1.11 bits per heavy atom. The summed E-state index contributed by atoms with van der Waals surface area (Å²) in [7, 11) is 0.